The van der Waals surface area contributed by atoms with Crippen molar-refractivity contribution in [2.45, 2.75) is 25.1 Å². The van der Waals surface area contributed by atoms with Crippen molar-refractivity contribution in [2.75, 3.05) is 25.0 Å². The second-order valence-corrected chi connectivity index (χ2v) is 6.40. The molecule has 8 nitrogen and oxygen atoms in total. The van der Waals surface area contributed by atoms with Crippen LogP contribution in [0.25, 0.3) is 0 Å². The molecule has 0 saturated carbocycles. The molecule has 2 aromatic rings. The number of hydrogen-bond donors (Lipinski definition) is 1. The van der Waals surface area contributed by atoms with E-state index in [1.807, 2.05) is 4.90 Å². The van der Waals surface area contributed by atoms with E-state index >= 15 is 0 Å². The lowest BCUT2D eigenvalue weighted by Crippen LogP contribution is -2.41. The number of piperidine rings is 1. The fourth-order valence-corrected chi connectivity index (χ4v) is 3.10. The quantitative estimate of drug-likeness (QED) is 0.858. The lowest BCUT2D eigenvalue weighted by atomic mass is 10.1. The smallest absolute Gasteiger partial charge is 0.324 e. The number of aromatic nitrogens is 4. The number of anilines is 1. The van der Waals surface area contributed by atoms with Gasteiger partial charge >= 0.3 is 11.9 Å². The highest BCUT2D eigenvalue weighted by atomic mass is 19.4. The maximum absolute atomic E-state index is 12.9. The minimum atomic E-state index is -4.68. The molecule has 1 saturated heterocycles. The van der Waals surface area contributed by atoms with Gasteiger partial charge in [0.25, 0.3) is 0 Å². The molecule has 1 N–H and O–H groups in total. The molecule has 0 aromatic carbocycles. The first-order chi connectivity index (χ1) is 12.8. The Bertz CT molecular complexity index is 853. The third-order valence-corrected chi connectivity index (χ3v) is 4.47. The topological polar surface area (TPSA) is 85.1 Å². The van der Waals surface area contributed by atoms with Gasteiger partial charge in [0.1, 0.15) is 0 Å². The van der Waals surface area contributed by atoms with Crippen LogP contribution in [0.15, 0.2) is 29.3 Å². The summed E-state index contributed by atoms with van der Waals surface area (Å²) in [6.07, 6.45) is -0.660. The Balaban J connectivity index is 1.58. The van der Waals surface area contributed by atoms with Crippen molar-refractivity contribution in [1.82, 2.24) is 24.2 Å². The first-order valence-corrected chi connectivity index (χ1v) is 8.40. The van der Waals surface area contributed by atoms with Gasteiger partial charge in [-0.3, -0.25) is 19.2 Å². The highest BCUT2D eigenvalue weighted by molar-refractivity contribution is 5.92. The Kier molecular flexibility index (Phi) is 5.31. The van der Waals surface area contributed by atoms with Crippen molar-refractivity contribution in [2.24, 2.45) is 7.05 Å². The van der Waals surface area contributed by atoms with Gasteiger partial charge in [0.05, 0.1) is 24.5 Å². The Hall–Kier alpha value is -2.69. The van der Waals surface area contributed by atoms with Gasteiger partial charge in [0, 0.05) is 26.3 Å². The summed E-state index contributed by atoms with van der Waals surface area (Å²) in [5, 5.41) is 6.21. The monoisotopic (exact) mass is 384 g/mol. The molecule has 11 heteroatoms. The maximum Gasteiger partial charge on any atom is 0.451 e. The fourth-order valence-electron chi connectivity index (χ4n) is 3.10. The number of alkyl halides is 3. The van der Waals surface area contributed by atoms with Crippen molar-refractivity contribution in [1.29, 1.82) is 0 Å². The summed E-state index contributed by atoms with van der Waals surface area (Å²) in [7, 11) is 1.06. The number of halogens is 3. The number of carbonyl (C=O) groups is 1. The Morgan fingerprint density at radius 3 is 2.59 bits per heavy atom. The standard InChI is InChI=1S/C16H19F3N6O2/c1-23-14(16(17,18)19)22-25(15(23)27)12-4-7-24(8-5-12)10-13(26)21-11-3-2-6-20-9-11/h2-3,6,9,12H,4-5,7-8,10H2,1H3,(H,21,26). The number of nitrogens with one attached hydrogen (secondary N) is 1. The average molecular weight is 384 g/mol. The predicted molar refractivity (Wildman–Crippen MR) is 90.0 cm³/mol. The van der Waals surface area contributed by atoms with E-state index < -0.39 is 23.7 Å². The molecule has 0 radical (unpaired) electrons. The number of amides is 1. The zero-order chi connectivity index (χ0) is 19.6. The van der Waals surface area contributed by atoms with E-state index in [9.17, 15) is 22.8 Å². The fraction of sp³-hybridized carbons (Fsp3) is 0.500. The summed E-state index contributed by atoms with van der Waals surface area (Å²) in [5.41, 5.74) is -0.188. The van der Waals surface area contributed by atoms with Crippen LogP contribution in [0.2, 0.25) is 0 Å². The Labute approximate surface area is 152 Å². The molecule has 2 aromatic heterocycles. The van der Waals surface area contributed by atoms with Gasteiger partial charge in [-0.15, -0.1) is 5.10 Å². The maximum atomic E-state index is 12.9. The molecule has 0 unspecified atom stereocenters. The number of carbonyl (C=O) groups excluding carboxylic acids is 1. The van der Waals surface area contributed by atoms with Gasteiger partial charge in [0.2, 0.25) is 11.7 Å². The summed E-state index contributed by atoms with van der Waals surface area (Å²) in [6, 6.07) is 3.02. The van der Waals surface area contributed by atoms with Gasteiger partial charge in [-0.2, -0.15) is 13.2 Å². The third-order valence-electron chi connectivity index (χ3n) is 4.47. The molecular formula is C16H19F3N6O2. The van der Waals surface area contributed by atoms with E-state index in [-0.39, 0.29) is 12.5 Å². The first kappa shape index (κ1) is 19.1. The van der Waals surface area contributed by atoms with E-state index in [4.69, 9.17) is 0 Å². The van der Waals surface area contributed by atoms with Crippen molar-refractivity contribution in [3.05, 3.63) is 40.8 Å². The van der Waals surface area contributed by atoms with Crippen molar-refractivity contribution >= 4 is 11.6 Å². The predicted octanol–water partition coefficient (Wildman–Crippen LogP) is 1.27. The minimum Gasteiger partial charge on any atom is -0.324 e. The third kappa shape index (κ3) is 4.35. The van der Waals surface area contributed by atoms with Crippen LogP contribution in [0.3, 0.4) is 0 Å². The van der Waals surface area contributed by atoms with Crippen LogP contribution in [0.4, 0.5) is 18.9 Å². The van der Waals surface area contributed by atoms with E-state index in [1.165, 1.54) is 6.20 Å². The minimum absolute atomic E-state index is 0.159. The number of hydrogen-bond acceptors (Lipinski definition) is 5. The molecule has 27 heavy (non-hydrogen) atoms. The average Bonchev–Trinajstić information content (AvgIpc) is 2.92. The molecule has 0 spiro atoms. The van der Waals surface area contributed by atoms with Crippen LogP contribution in [0, 0.1) is 0 Å². The summed E-state index contributed by atoms with van der Waals surface area (Å²) in [4.78, 5) is 29.9. The van der Waals surface area contributed by atoms with Gasteiger partial charge in [-0.1, -0.05) is 0 Å². The second kappa shape index (κ2) is 7.51. The van der Waals surface area contributed by atoms with Gasteiger partial charge in [-0.05, 0) is 25.0 Å². The first-order valence-electron chi connectivity index (χ1n) is 8.40. The number of nitrogens with zero attached hydrogens (tertiary/aromatic N) is 5. The van der Waals surface area contributed by atoms with Crippen molar-refractivity contribution < 1.29 is 18.0 Å². The van der Waals surface area contributed by atoms with Gasteiger partial charge in [0.15, 0.2) is 0 Å². The number of likely N-dealkylation sites (tertiary alicyclic amines) is 1. The summed E-state index contributed by atoms with van der Waals surface area (Å²) < 4.78 is 40.1. The van der Waals surface area contributed by atoms with Crippen LogP contribution in [0.1, 0.15) is 24.7 Å². The van der Waals surface area contributed by atoms with Crippen LogP contribution in [-0.4, -0.2) is 49.8 Å². The van der Waals surface area contributed by atoms with E-state index in [0.717, 1.165) is 11.7 Å². The highest BCUT2D eigenvalue weighted by Crippen LogP contribution is 2.28. The lowest BCUT2D eigenvalue weighted by Gasteiger charge is -2.30. The molecule has 3 heterocycles. The van der Waals surface area contributed by atoms with Crippen molar-refractivity contribution in [3.8, 4) is 0 Å². The Morgan fingerprint density at radius 1 is 1.33 bits per heavy atom. The SMILES string of the molecule is Cn1c(C(F)(F)F)nn(C2CCN(CC(=O)Nc3cccnc3)CC2)c1=O. The number of pyridine rings is 1. The molecule has 0 bridgehead atoms. The molecule has 0 atom stereocenters. The normalized spacial score (nSPS) is 16.4. The molecule has 0 aliphatic carbocycles. The molecule has 1 aliphatic rings. The second-order valence-electron chi connectivity index (χ2n) is 6.40. The number of rotatable bonds is 4. The van der Waals surface area contributed by atoms with E-state index in [1.54, 1.807) is 18.3 Å². The van der Waals surface area contributed by atoms with Crippen LogP contribution >= 0.6 is 0 Å². The van der Waals surface area contributed by atoms with Crippen LogP contribution in [-0.2, 0) is 18.0 Å². The highest BCUT2D eigenvalue weighted by Gasteiger charge is 2.39. The zero-order valence-electron chi connectivity index (χ0n) is 14.6. The van der Waals surface area contributed by atoms with E-state index in [2.05, 4.69) is 15.4 Å². The van der Waals surface area contributed by atoms with Crippen LogP contribution < -0.4 is 11.0 Å². The molecular weight excluding hydrogens is 365 g/mol. The van der Waals surface area contributed by atoms with Gasteiger partial charge in [-0.25, -0.2) is 9.48 Å². The summed E-state index contributed by atoms with van der Waals surface area (Å²) in [6.45, 7) is 1.12. The molecule has 1 fully saturated rings. The Morgan fingerprint density at radius 2 is 2.04 bits per heavy atom. The summed E-state index contributed by atoms with van der Waals surface area (Å²) in [5.74, 6) is -1.40. The lowest BCUT2D eigenvalue weighted by molar-refractivity contribution is -0.147. The van der Waals surface area contributed by atoms with E-state index in [0.29, 0.717) is 36.2 Å². The van der Waals surface area contributed by atoms with Gasteiger partial charge < -0.3 is 5.32 Å². The largest absolute Gasteiger partial charge is 0.451 e. The molecule has 146 valence electrons. The molecule has 1 aliphatic heterocycles. The molecule has 3 rings (SSSR count). The zero-order valence-corrected chi connectivity index (χ0v) is 14.6. The van der Waals surface area contributed by atoms with Crippen molar-refractivity contribution in [3.63, 3.8) is 0 Å². The van der Waals surface area contributed by atoms with Crippen LogP contribution in [0.5, 0.6) is 0 Å². The molecule has 1 amide bonds. The summed E-state index contributed by atoms with van der Waals surface area (Å²) >= 11 is 0.